The van der Waals surface area contributed by atoms with Gasteiger partial charge in [0.05, 0.1) is 0 Å². The van der Waals surface area contributed by atoms with Gasteiger partial charge in [-0.3, -0.25) is 0 Å². The van der Waals surface area contributed by atoms with Crippen LogP contribution in [0.3, 0.4) is 0 Å². The summed E-state index contributed by atoms with van der Waals surface area (Å²) < 4.78 is 3.11. The number of hydrogen-bond donors (Lipinski definition) is 0. The molecule has 2 heterocycles. The predicted molar refractivity (Wildman–Crippen MR) is 121 cm³/mol. The van der Waals surface area contributed by atoms with E-state index in [1.54, 1.807) is 19.2 Å². The quantitative estimate of drug-likeness (QED) is 0.336. The van der Waals surface area contributed by atoms with Gasteiger partial charge in [0.1, 0.15) is 0 Å². The highest BCUT2D eigenvalue weighted by atomic mass is 32.1. The van der Waals surface area contributed by atoms with Crippen molar-refractivity contribution in [3.63, 3.8) is 0 Å². The van der Waals surface area contributed by atoms with Crippen LogP contribution in [-0.4, -0.2) is 0 Å². The van der Waals surface area contributed by atoms with Crippen molar-refractivity contribution in [3.8, 4) is 0 Å². The fourth-order valence-electron chi connectivity index (χ4n) is 4.65. The largest absolute Gasteiger partial charge is 0.139 e. The van der Waals surface area contributed by atoms with Gasteiger partial charge in [-0.1, -0.05) is 78.1 Å². The van der Waals surface area contributed by atoms with E-state index in [9.17, 15) is 0 Å². The molecule has 26 heavy (non-hydrogen) atoms. The lowest BCUT2D eigenvalue weighted by Crippen LogP contribution is -2.14. The Bertz CT molecular complexity index is 596. The Labute approximate surface area is 169 Å². The molecule has 1 fully saturated rings. The van der Waals surface area contributed by atoms with Crippen LogP contribution in [0, 0.1) is 11.8 Å². The van der Waals surface area contributed by atoms with Crippen LogP contribution >= 0.6 is 22.7 Å². The van der Waals surface area contributed by atoms with Crippen LogP contribution in [0.4, 0.5) is 0 Å². The molecule has 0 amide bonds. The van der Waals surface area contributed by atoms with E-state index < -0.39 is 0 Å². The number of thiophene rings is 2. The molecule has 0 radical (unpaired) electrons. The summed E-state index contributed by atoms with van der Waals surface area (Å²) in [4.78, 5) is 3.25. The van der Waals surface area contributed by atoms with Crippen LogP contribution in [0.15, 0.2) is 12.1 Å². The topological polar surface area (TPSA) is 0 Å². The lowest BCUT2D eigenvalue weighted by atomic mass is 9.78. The minimum absolute atomic E-state index is 1.00. The predicted octanol–water partition coefficient (Wildman–Crippen LogP) is 9.01. The Morgan fingerprint density at radius 1 is 0.692 bits per heavy atom. The summed E-state index contributed by atoms with van der Waals surface area (Å²) in [7, 11) is 0. The zero-order valence-electron chi connectivity index (χ0n) is 17.0. The Kier molecular flexibility index (Phi) is 8.52. The lowest BCUT2D eigenvalue weighted by molar-refractivity contribution is 0.252. The number of fused-ring (bicyclic) bond motifs is 1. The average Bonchev–Trinajstić information content (AvgIpc) is 3.19. The molecule has 2 heteroatoms. The number of unbranched alkanes of at least 4 members (excludes halogenated alkanes) is 4. The van der Waals surface area contributed by atoms with Crippen molar-refractivity contribution < 1.29 is 0 Å². The van der Waals surface area contributed by atoms with Crippen LogP contribution in [0.5, 0.6) is 0 Å². The summed E-state index contributed by atoms with van der Waals surface area (Å²) in [5, 5.41) is 0. The van der Waals surface area contributed by atoms with E-state index in [0.717, 1.165) is 11.8 Å². The molecule has 2 aromatic heterocycles. The van der Waals surface area contributed by atoms with Crippen LogP contribution < -0.4 is 0 Å². The first kappa shape index (κ1) is 20.4. The van der Waals surface area contributed by atoms with Gasteiger partial charge in [0.15, 0.2) is 0 Å². The van der Waals surface area contributed by atoms with Crippen LogP contribution in [0.25, 0.3) is 9.40 Å². The molecule has 0 aliphatic heterocycles. The molecule has 146 valence electrons. The summed E-state index contributed by atoms with van der Waals surface area (Å²) in [6, 6.07) is 5.00. The van der Waals surface area contributed by atoms with Gasteiger partial charge in [0, 0.05) is 19.2 Å². The SMILES string of the molecule is CCCCCCCc1cc2sc(CCC3CCC(CCC)CC3)cc2s1. The van der Waals surface area contributed by atoms with E-state index in [1.165, 1.54) is 89.9 Å². The molecule has 0 nitrogen and oxygen atoms in total. The molecule has 0 saturated heterocycles. The summed E-state index contributed by atoms with van der Waals surface area (Å²) in [5.41, 5.74) is 0. The van der Waals surface area contributed by atoms with Crippen LogP contribution in [0.1, 0.15) is 101 Å². The highest BCUT2D eigenvalue weighted by Crippen LogP contribution is 2.37. The Morgan fingerprint density at radius 3 is 1.88 bits per heavy atom. The zero-order valence-corrected chi connectivity index (χ0v) is 18.7. The Hall–Kier alpha value is -0.340. The standard InChI is InChI=1S/C24H38S2/c1-3-5-6-7-8-10-21-17-23-24(25-21)18-22(26-23)16-15-20-13-11-19(9-4-2)12-14-20/h17-20H,3-16H2,1-2H3. The monoisotopic (exact) mass is 390 g/mol. The smallest absolute Gasteiger partial charge is 0.0456 e. The summed E-state index contributed by atoms with van der Waals surface area (Å²) in [5.74, 6) is 2.05. The zero-order chi connectivity index (χ0) is 18.2. The molecule has 1 aliphatic rings. The molecule has 2 aromatic rings. The highest BCUT2D eigenvalue weighted by molar-refractivity contribution is 7.27. The maximum atomic E-state index is 2.51. The first-order chi connectivity index (χ1) is 12.8. The third kappa shape index (κ3) is 6.09. The molecular formula is C24H38S2. The second kappa shape index (κ2) is 10.9. The van der Waals surface area contributed by atoms with E-state index >= 15 is 0 Å². The van der Waals surface area contributed by atoms with Crippen molar-refractivity contribution in [1.29, 1.82) is 0 Å². The van der Waals surface area contributed by atoms with Gasteiger partial charge >= 0.3 is 0 Å². The minimum Gasteiger partial charge on any atom is -0.139 e. The van der Waals surface area contributed by atoms with E-state index in [2.05, 4.69) is 48.7 Å². The van der Waals surface area contributed by atoms with Gasteiger partial charge in [0.25, 0.3) is 0 Å². The van der Waals surface area contributed by atoms with E-state index in [0.29, 0.717) is 0 Å². The van der Waals surface area contributed by atoms with Crippen LogP contribution in [0.2, 0.25) is 0 Å². The fourth-order valence-corrected chi connectivity index (χ4v) is 7.15. The van der Waals surface area contributed by atoms with Crippen molar-refractivity contribution in [3.05, 3.63) is 21.9 Å². The fraction of sp³-hybridized carbons (Fsp3) is 0.750. The summed E-state index contributed by atoms with van der Waals surface area (Å²) in [6.45, 7) is 4.63. The molecule has 3 rings (SSSR count). The highest BCUT2D eigenvalue weighted by Gasteiger charge is 2.20. The number of rotatable bonds is 11. The van der Waals surface area contributed by atoms with Gasteiger partial charge < -0.3 is 0 Å². The van der Waals surface area contributed by atoms with E-state index in [-0.39, 0.29) is 0 Å². The average molecular weight is 391 g/mol. The minimum atomic E-state index is 1.00. The molecule has 0 aromatic carbocycles. The van der Waals surface area contributed by atoms with Crippen molar-refractivity contribution in [2.45, 2.75) is 104 Å². The third-order valence-corrected chi connectivity index (χ3v) is 8.71. The Balaban J connectivity index is 1.40. The van der Waals surface area contributed by atoms with Crippen molar-refractivity contribution in [1.82, 2.24) is 0 Å². The van der Waals surface area contributed by atoms with Gasteiger partial charge in [-0.15, -0.1) is 22.7 Å². The maximum Gasteiger partial charge on any atom is 0.0456 e. The third-order valence-electron chi connectivity index (χ3n) is 6.30. The molecular weight excluding hydrogens is 352 g/mol. The summed E-state index contributed by atoms with van der Waals surface area (Å²) >= 11 is 4.13. The molecule has 0 bridgehead atoms. The van der Waals surface area contributed by atoms with E-state index in [1.807, 2.05) is 0 Å². The maximum absolute atomic E-state index is 2.51. The van der Waals surface area contributed by atoms with Gasteiger partial charge in [0.2, 0.25) is 0 Å². The first-order valence-electron chi connectivity index (χ1n) is 11.3. The van der Waals surface area contributed by atoms with Crippen molar-refractivity contribution in [2.75, 3.05) is 0 Å². The van der Waals surface area contributed by atoms with E-state index in [4.69, 9.17) is 0 Å². The van der Waals surface area contributed by atoms with Crippen LogP contribution in [-0.2, 0) is 12.8 Å². The lowest BCUT2D eigenvalue weighted by Gasteiger charge is -2.28. The summed E-state index contributed by atoms with van der Waals surface area (Å²) in [6.07, 6.45) is 19.8. The Morgan fingerprint density at radius 2 is 1.27 bits per heavy atom. The molecule has 0 N–H and O–H groups in total. The second-order valence-corrected chi connectivity index (χ2v) is 10.9. The number of aryl methyl sites for hydroxylation is 2. The molecule has 1 aliphatic carbocycles. The molecule has 0 spiro atoms. The molecule has 1 saturated carbocycles. The van der Waals surface area contributed by atoms with Gasteiger partial charge in [-0.2, -0.15) is 0 Å². The van der Waals surface area contributed by atoms with Gasteiger partial charge in [-0.25, -0.2) is 0 Å². The first-order valence-corrected chi connectivity index (χ1v) is 12.9. The van der Waals surface area contributed by atoms with Gasteiger partial charge in [-0.05, 0) is 49.7 Å². The van der Waals surface area contributed by atoms with Crippen molar-refractivity contribution >= 4 is 32.1 Å². The molecule has 0 atom stereocenters. The molecule has 0 unspecified atom stereocenters. The number of hydrogen-bond acceptors (Lipinski definition) is 2. The van der Waals surface area contributed by atoms with Crippen molar-refractivity contribution in [2.24, 2.45) is 11.8 Å². The second-order valence-electron chi connectivity index (χ2n) is 8.53. The normalized spacial score (nSPS) is 20.8.